The summed E-state index contributed by atoms with van der Waals surface area (Å²) in [6.45, 7) is 9.18. The highest BCUT2D eigenvalue weighted by molar-refractivity contribution is 5.56. The molecule has 236 valence electrons. The third kappa shape index (κ3) is 6.85. The van der Waals surface area contributed by atoms with E-state index < -0.39 is 0 Å². The van der Waals surface area contributed by atoms with Crippen LogP contribution in [0, 0.1) is 13.8 Å². The molecule has 4 N–H and O–H groups in total. The van der Waals surface area contributed by atoms with E-state index in [9.17, 15) is 0 Å². The molecule has 0 saturated heterocycles. The fourth-order valence-corrected chi connectivity index (χ4v) is 7.51. The Morgan fingerprint density at radius 2 is 0.889 bits per heavy atom. The van der Waals surface area contributed by atoms with E-state index in [4.69, 9.17) is 20.9 Å². The number of aryl methyl sites for hydroxylation is 2. The quantitative estimate of drug-likeness (QED) is 0.197. The second-order valence-corrected chi connectivity index (χ2v) is 14.1. The Hall–Kier alpha value is -3.92. The Morgan fingerprint density at radius 1 is 0.533 bits per heavy atom. The van der Waals surface area contributed by atoms with Gasteiger partial charge in [0.25, 0.3) is 0 Å². The molecule has 0 aliphatic heterocycles. The Balaban J connectivity index is 1.42. The number of hydrogen-bond acceptors (Lipinski definition) is 4. The van der Waals surface area contributed by atoms with Gasteiger partial charge < -0.3 is 20.9 Å². The van der Waals surface area contributed by atoms with Crippen molar-refractivity contribution < 1.29 is 9.47 Å². The van der Waals surface area contributed by atoms with Gasteiger partial charge in [0.15, 0.2) is 0 Å². The zero-order chi connectivity index (χ0) is 31.6. The Bertz CT molecular complexity index is 1490. The van der Waals surface area contributed by atoms with E-state index in [0.717, 1.165) is 34.4 Å². The first-order valence-corrected chi connectivity index (χ1v) is 17.1. The largest absolute Gasteiger partial charge is 0.457 e. The van der Waals surface area contributed by atoms with Gasteiger partial charge in [-0.3, -0.25) is 0 Å². The first kappa shape index (κ1) is 31.1. The minimum atomic E-state index is -0.207. The first-order chi connectivity index (χ1) is 21.7. The number of benzene rings is 4. The lowest BCUT2D eigenvalue weighted by molar-refractivity contribution is 0.415. The van der Waals surface area contributed by atoms with Crippen molar-refractivity contribution in [3.63, 3.8) is 0 Å². The Morgan fingerprint density at radius 3 is 1.24 bits per heavy atom. The molecule has 0 spiro atoms. The van der Waals surface area contributed by atoms with Crippen molar-refractivity contribution in [3.05, 3.63) is 106 Å². The van der Waals surface area contributed by atoms with Crippen molar-refractivity contribution in [2.45, 2.75) is 109 Å². The summed E-state index contributed by atoms with van der Waals surface area (Å²) in [6.07, 6.45) is 12.6. The third-order valence-electron chi connectivity index (χ3n) is 10.3. The monoisotopic (exact) mass is 602 g/mol. The molecule has 45 heavy (non-hydrogen) atoms. The Kier molecular flexibility index (Phi) is 9.12. The van der Waals surface area contributed by atoms with Gasteiger partial charge in [0, 0.05) is 16.8 Å². The molecular weight excluding hydrogens is 552 g/mol. The van der Waals surface area contributed by atoms with Crippen molar-refractivity contribution in [2.24, 2.45) is 0 Å². The molecule has 2 aliphatic rings. The van der Waals surface area contributed by atoms with E-state index in [0.29, 0.717) is 11.8 Å². The van der Waals surface area contributed by atoms with Gasteiger partial charge in [-0.1, -0.05) is 76.6 Å². The molecule has 6 rings (SSSR count). The normalized spacial score (nSPS) is 16.4. The maximum atomic E-state index is 6.64. The van der Waals surface area contributed by atoms with Gasteiger partial charge in [0.2, 0.25) is 0 Å². The van der Waals surface area contributed by atoms with Crippen LogP contribution in [0.3, 0.4) is 0 Å². The molecule has 2 fully saturated rings. The lowest BCUT2D eigenvalue weighted by atomic mass is 9.73. The average Bonchev–Trinajstić information content (AvgIpc) is 3.05. The molecule has 4 aromatic carbocycles. The van der Waals surface area contributed by atoms with Crippen LogP contribution in [0.15, 0.2) is 72.8 Å². The van der Waals surface area contributed by atoms with E-state index >= 15 is 0 Å². The SMILES string of the molecule is Cc1cc(C(C)(C)c2cc(C)c(Oc3ccc(N)cc3)c(C3CCCCC3)c2)cc(C2CCCCC2)c1Oc1ccc(N)cc1. The van der Waals surface area contributed by atoms with Crippen LogP contribution in [-0.4, -0.2) is 0 Å². The number of nitrogen functional groups attached to an aromatic ring is 2. The molecule has 2 aliphatic carbocycles. The van der Waals surface area contributed by atoms with Crippen molar-refractivity contribution in [3.8, 4) is 23.0 Å². The van der Waals surface area contributed by atoms with Crippen LogP contribution in [0.25, 0.3) is 0 Å². The molecule has 2 saturated carbocycles. The van der Waals surface area contributed by atoms with E-state index in [-0.39, 0.29) is 5.41 Å². The van der Waals surface area contributed by atoms with Gasteiger partial charge >= 0.3 is 0 Å². The number of anilines is 2. The molecule has 4 aromatic rings. The summed E-state index contributed by atoms with van der Waals surface area (Å²) in [5, 5.41) is 0. The standard InChI is InChI=1S/C41H50N2O2/c1-27-23-31(25-37(29-11-7-5-8-12-29)39(27)44-35-19-15-33(42)16-20-35)41(3,4)32-24-28(2)40(45-36-21-17-34(43)18-22-36)38(26-32)30-13-9-6-10-14-30/h15-26,29-30H,5-14,42-43H2,1-4H3. The van der Waals surface area contributed by atoms with E-state index in [2.05, 4.69) is 52.0 Å². The lowest BCUT2D eigenvalue weighted by Crippen LogP contribution is -2.21. The summed E-state index contributed by atoms with van der Waals surface area (Å²) < 4.78 is 13.3. The predicted molar refractivity (Wildman–Crippen MR) is 188 cm³/mol. The molecule has 0 amide bonds. The average molecular weight is 603 g/mol. The van der Waals surface area contributed by atoms with Crippen LogP contribution in [0.1, 0.15) is 123 Å². The first-order valence-electron chi connectivity index (χ1n) is 17.1. The van der Waals surface area contributed by atoms with Crippen LogP contribution in [0.2, 0.25) is 0 Å². The molecule has 0 radical (unpaired) electrons. The predicted octanol–water partition coefficient (Wildman–Crippen LogP) is 11.5. The zero-order valence-electron chi connectivity index (χ0n) is 27.6. The molecule has 0 unspecified atom stereocenters. The topological polar surface area (TPSA) is 70.5 Å². The lowest BCUT2D eigenvalue weighted by Gasteiger charge is -2.33. The smallest absolute Gasteiger partial charge is 0.133 e. The minimum Gasteiger partial charge on any atom is -0.457 e. The van der Waals surface area contributed by atoms with Crippen molar-refractivity contribution >= 4 is 11.4 Å². The van der Waals surface area contributed by atoms with Crippen LogP contribution >= 0.6 is 0 Å². The number of nitrogens with two attached hydrogens (primary N) is 2. The van der Waals surface area contributed by atoms with Crippen molar-refractivity contribution in [1.82, 2.24) is 0 Å². The third-order valence-corrected chi connectivity index (χ3v) is 10.3. The summed E-state index contributed by atoms with van der Waals surface area (Å²) >= 11 is 0. The van der Waals surface area contributed by atoms with Crippen LogP contribution in [0.5, 0.6) is 23.0 Å². The van der Waals surface area contributed by atoms with E-state index in [1.807, 2.05) is 48.5 Å². The second kappa shape index (κ2) is 13.2. The summed E-state index contributed by atoms with van der Waals surface area (Å²) in [7, 11) is 0. The summed E-state index contributed by atoms with van der Waals surface area (Å²) in [6, 6.07) is 25.2. The number of rotatable bonds is 8. The molecule has 4 heteroatoms. The van der Waals surface area contributed by atoms with Crippen molar-refractivity contribution in [1.29, 1.82) is 0 Å². The van der Waals surface area contributed by atoms with Crippen LogP contribution < -0.4 is 20.9 Å². The van der Waals surface area contributed by atoms with Gasteiger partial charge in [-0.15, -0.1) is 0 Å². The van der Waals surface area contributed by atoms with Gasteiger partial charge in [-0.05, 0) is 133 Å². The number of hydrogen-bond donors (Lipinski definition) is 2. The molecule has 0 bridgehead atoms. The summed E-state index contributed by atoms with van der Waals surface area (Å²) in [5.74, 6) is 4.70. The molecule has 0 atom stereocenters. The van der Waals surface area contributed by atoms with Crippen LogP contribution in [-0.2, 0) is 5.41 Å². The zero-order valence-corrected chi connectivity index (χ0v) is 27.6. The number of ether oxygens (including phenoxy) is 2. The summed E-state index contributed by atoms with van der Waals surface area (Å²) in [5.41, 5.74) is 21.0. The fourth-order valence-electron chi connectivity index (χ4n) is 7.51. The maximum absolute atomic E-state index is 6.64. The molecule has 0 heterocycles. The van der Waals surface area contributed by atoms with Gasteiger partial charge in [-0.25, -0.2) is 0 Å². The van der Waals surface area contributed by atoms with Gasteiger partial charge in [-0.2, -0.15) is 0 Å². The highest BCUT2D eigenvalue weighted by Crippen LogP contribution is 2.47. The van der Waals surface area contributed by atoms with E-state index in [1.54, 1.807) is 0 Å². The highest BCUT2D eigenvalue weighted by Gasteiger charge is 2.31. The van der Waals surface area contributed by atoms with Gasteiger partial charge in [0.05, 0.1) is 0 Å². The molecule has 4 nitrogen and oxygen atoms in total. The van der Waals surface area contributed by atoms with E-state index in [1.165, 1.54) is 97.6 Å². The maximum Gasteiger partial charge on any atom is 0.133 e. The highest BCUT2D eigenvalue weighted by atomic mass is 16.5. The van der Waals surface area contributed by atoms with Crippen LogP contribution in [0.4, 0.5) is 11.4 Å². The summed E-state index contributed by atoms with van der Waals surface area (Å²) in [4.78, 5) is 0. The minimum absolute atomic E-state index is 0.207. The van der Waals surface area contributed by atoms with Gasteiger partial charge in [0.1, 0.15) is 23.0 Å². The molecular formula is C41H50N2O2. The Labute approximate surface area is 270 Å². The fraction of sp³-hybridized carbons (Fsp3) is 0.415. The molecule has 0 aromatic heterocycles. The second-order valence-electron chi connectivity index (χ2n) is 14.1. The van der Waals surface area contributed by atoms with Crippen molar-refractivity contribution in [2.75, 3.05) is 11.5 Å².